The van der Waals surface area contributed by atoms with E-state index in [0.29, 0.717) is 5.70 Å². The summed E-state index contributed by atoms with van der Waals surface area (Å²) in [4.78, 5) is 22.3. The Bertz CT molecular complexity index is 354. The fraction of sp³-hybridized carbons (Fsp3) is 0.400. The van der Waals surface area contributed by atoms with Crippen LogP contribution in [0.3, 0.4) is 0 Å². The first kappa shape index (κ1) is 8.99. The van der Waals surface area contributed by atoms with Crippen LogP contribution in [-0.2, 0) is 9.59 Å². The molecule has 4 nitrogen and oxygen atoms in total. The van der Waals surface area contributed by atoms with Gasteiger partial charge in [-0.05, 0) is 18.9 Å². The highest BCUT2D eigenvalue weighted by molar-refractivity contribution is 6.00. The van der Waals surface area contributed by atoms with Crippen molar-refractivity contribution in [3.63, 3.8) is 0 Å². The van der Waals surface area contributed by atoms with Crippen LogP contribution in [0.5, 0.6) is 0 Å². The lowest BCUT2D eigenvalue weighted by Crippen LogP contribution is -2.42. The van der Waals surface area contributed by atoms with Gasteiger partial charge in [-0.15, -0.1) is 0 Å². The highest BCUT2D eigenvalue weighted by atomic mass is 16.4. The molecule has 1 atom stereocenters. The van der Waals surface area contributed by atoms with E-state index < -0.39 is 12.0 Å². The fourth-order valence-electron chi connectivity index (χ4n) is 1.79. The summed E-state index contributed by atoms with van der Waals surface area (Å²) in [5.41, 5.74) is 1.45. The molecule has 0 saturated heterocycles. The van der Waals surface area contributed by atoms with Gasteiger partial charge >= 0.3 is 5.97 Å². The van der Waals surface area contributed by atoms with Crippen LogP contribution in [-0.4, -0.2) is 22.9 Å². The van der Waals surface area contributed by atoms with Crippen LogP contribution in [0.25, 0.3) is 0 Å². The zero-order valence-electron chi connectivity index (χ0n) is 7.62. The predicted octanol–water partition coefficient (Wildman–Crippen LogP) is 0.606. The predicted molar refractivity (Wildman–Crippen MR) is 49.6 cm³/mol. The van der Waals surface area contributed by atoms with E-state index in [-0.39, 0.29) is 12.2 Å². The summed E-state index contributed by atoms with van der Waals surface area (Å²) < 4.78 is 0. The number of carbonyl (C=O) groups excluding carboxylic acids is 1. The van der Waals surface area contributed by atoms with Crippen LogP contribution >= 0.6 is 0 Å². The van der Waals surface area contributed by atoms with Gasteiger partial charge in [0.2, 0.25) is 0 Å². The summed E-state index contributed by atoms with van der Waals surface area (Å²) in [7, 11) is 0. The van der Waals surface area contributed by atoms with Crippen molar-refractivity contribution in [1.29, 1.82) is 0 Å². The molecule has 0 aromatic carbocycles. The van der Waals surface area contributed by atoms with Gasteiger partial charge < -0.3 is 10.4 Å². The highest BCUT2D eigenvalue weighted by Crippen LogP contribution is 2.24. The molecule has 0 spiro atoms. The molecule has 2 aliphatic rings. The van der Waals surface area contributed by atoms with Crippen molar-refractivity contribution in [3.05, 3.63) is 23.4 Å². The first-order valence-corrected chi connectivity index (χ1v) is 4.60. The number of hydrogen-bond donors (Lipinski definition) is 2. The molecule has 1 heterocycles. The van der Waals surface area contributed by atoms with Gasteiger partial charge in [-0.25, -0.2) is 4.79 Å². The number of hydrogen-bond acceptors (Lipinski definition) is 3. The third kappa shape index (κ3) is 1.43. The molecule has 0 saturated carbocycles. The van der Waals surface area contributed by atoms with E-state index >= 15 is 0 Å². The lowest BCUT2D eigenvalue weighted by molar-refractivity contribution is -0.141. The lowest BCUT2D eigenvalue weighted by Gasteiger charge is -2.26. The first-order chi connectivity index (χ1) is 6.68. The normalized spacial score (nSPS) is 25.7. The van der Waals surface area contributed by atoms with Crippen LogP contribution in [0.2, 0.25) is 0 Å². The minimum absolute atomic E-state index is 0.0319. The molecule has 1 aliphatic heterocycles. The number of Topliss-reactive ketones (excluding diaryl/α,β-unsaturated/α-hetero) is 1. The molecule has 0 amide bonds. The van der Waals surface area contributed by atoms with Crippen LogP contribution in [0.4, 0.5) is 0 Å². The molecule has 0 radical (unpaired) electrons. The van der Waals surface area contributed by atoms with Gasteiger partial charge in [-0.3, -0.25) is 4.79 Å². The Balaban J connectivity index is 2.28. The van der Waals surface area contributed by atoms with Crippen molar-refractivity contribution in [2.45, 2.75) is 25.3 Å². The van der Waals surface area contributed by atoms with Crippen LogP contribution in [0.1, 0.15) is 19.3 Å². The topological polar surface area (TPSA) is 66.4 Å². The summed E-state index contributed by atoms with van der Waals surface area (Å²) in [6, 6.07) is -0.760. The van der Waals surface area contributed by atoms with Crippen LogP contribution in [0.15, 0.2) is 23.4 Å². The molecule has 0 aromatic heterocycles. The van der Waals surface area contributed by atoms with E-state index in [1.807, 2.05) is 6.08 Å². The molecule has 2 rings (SSSR count). The largest absolute Gasteiger partial charge is 0.480 e. The second-order valence-corrected chi connectivity index (χ2v) is 3.50. The van der Waals surface area contributed by atoms with E-state index in [9.17, 15) is 9.59 Å². The molecule has 0 aromatic rings. The Hall–Kier alpha value is -1.58. The Labute approximate surface area is 81.3 Å². The number of carbonyl (C=O) groups is 2. The molecule has 4 heteroatoms. The lowest BCUT2D eigenvalue weighted by atomic mass is 9.90. The Morgan fingerprint density at radius 3 is 3.07 bits per heavy atom. The number of carboxylic acid groups (broad SMARTS) is 1. The quantitative estimate of drug-likeness (QED) is 0.640. The van der Waals surface area contributed by atoms with Crippen molar-refractivity contribution in [2.24, 2.45) is 0 Å². The average Bonchev–Trinajstić information content (AvgIpc) is 2.17. The number of carboxylic acids is 1. The molecule has 0 fully saturated rings. The van der Waals surface area contributed by atoms with Crippen molar-refractivity contribution < 1.29 is 14.7 Å². The summed E-state index contributed by atoms with van der Waals surface area (Å²) in [6.07, 6.45) is 5.41. The van der Waals surface area contributed by atoms with Crippen LogP contribution < -0.4 is 5.32 Å². The molecule has 1 aliphatic carbocycles. The van der Waals surface area contributed by atoms with Crippen molar-refractivity contribution in [2.75, 3.05) is 0 Å². The Kier molecular flexibility index (Phi) is 2.11. The second kappa shape index (κ2) is 3.29. The van der Waals surface area contributed by atoms with Gasteiger partial charge in [-0.2, -0.15) is 0 Å². The summed E-state index contributed by atoms with van der Waals surface area (Å²) in [5, 5.41) is 11.6. The molecule has 74 valence electrons. The third-order valence-corrected chi connectivity index (χ3v) is 2.52. The third-order valence-electron chi connectivity index (χ3n) is 2.52. The van der Waals surface area contributed by atoms with Gasteiger partial charge in [-0.1, -0.05) is 6.08 Å². The van der Waals surface area contributed by atoms with Crippen molar-refractivity contribution in [3.8, 4) is 0 Å². The Morgan fingerprint density at radius 2 is 2.36 bits per heavy atom. The maximum Gasteiger partial charge on any atom is 0.326 e. The number of aliphatic carboxylic acids is 1. The van der Waals surface area contributed by atoms with E-state index in [4.69, 9.17) is 5.11 Å². The summed E-state index contributed by atoms with van der Waals surface area (Å²) >= 11 is 0. The summed E-state index contributed by atoms with van der Waals surface area (Å²) in [6.45, 7) is 0. The number of rotatable bonds is 1. The molecule has 2 N–H and O–H groups in total. The maximum atomic E-state index is 11.5. The molecule has 1 unspecified atom stereocenters. The standard InChI is InChI=1S/C10H11NO3/c12-9-5-8(10(13)14)11-7-4-2-1-3-6(7)9/h2,4,8,11H,1,3,5H2,(H,13,14). The van der Waals surface area contributed by atoms with E-state index in [1.54, 1.807) is 6.08 Å². The smallest absolute Gasteiger partial charge is 0.326 e. The Morgan fingerprint density at radius 1 is 1.57 bits per heavy atom. The highest BCUT2D eigenvalue weighted by Gasteiger charge is 2.30. The minimum atomic E-state index is -0.969. The fourth-order valence-corrected chi connectivity index (χ4v) is 1.79. The maximum absolute atomic E-state index is 11.5. The van der Waals surface area contributed by atoms with E-state index in [2.05, 4.69) is 5.32 Å². The number of nitrogens with one attached hydrogen (secondary N) is 1. The van der Waals surface area contributed by atoms with Gasteiger partial charge in [0.05, 0.1) is 0 Å². The average molecular weight is 193 g/mol. The van der Waals surface area contributed by atoms with Gasteiger partial charge in [0.1, 0.15) is 6.04 Å². The number of ketones is 1. The van der Waals surface area contributed by atoms with Gasteiger partial charge in [0.25, 0.3) is 0 Å². The van der Waals surface area contributed by atoms with Crippen molar-refractivity contribution in [1.82, 2.24) is 5.32 Å². The molecular weight excluding hydrogens is 182 g/mol. The molecule has 0 bridgehead atoms. The van der Waals surface area contributed by atoms with E-state index in [0.717, 1.165) is 18.4 Å². The minimum Gasteiger partial charge on any atom is -0.480 e. The van der Waals surface area contributed by atoms with Crippen molar-refractivity contribution >= 4 is 11.8 Å². The van der Waals surface area contributed by atoms with Crippen LogP contribution in [0, 0.1) is 0 Å². The number of allylic oxidation sites excluding steroid dienone is 3. The zero-order valence-corrected chi connectivity index (χ0v) is 7.62. The second-order valence-electron chi connectivity index (χ2n) is 3.50. The van der Waals surface area contributed by atoms with Gasteiger partial charge in [0, 0.05) is 17.7 Å². The molecule has 14 heavy (non-hydrogen) atoms. The monoisotopic (exact) mass is 193 g/mol. The zero-order chi connectivity index (χ0) is 10.1. The van der Waals surface area contributed by atoms with Gasteiger partial charge in [0.15, 0.2) is 5.78 Å². The van der Waals surface area contributed by atoms with E-state index in [1.165, 1.54) is 0 Å². The summed E-state index contributed by atoms with van der Waals surface area (Å²) in [5.74, 6) is -1.00. The first-order valence-electron chi connectivity index (χ1n) is 4.60. The molecular formula is C10H11NO3. The SMILES string of the molecule is O=C1CC(C(=O)O)NC2=C1CCC=C2.